The zero-order chi connectivity index (χ0) is 20.4. The molecule has 1 saturated heterocycles. The van der Waals surface area contributed by atoms with E-state index in [1.165, 1.54) is 6.26 Å². The minimum atomic E-state index is -3.19. The first kappa shape index (κ1) is 19.5. The van der Waals surface area contributed by atoms with E-state index in [1.807, 2.05) is 18.2 Å². The number of rotatable bonds is 6. The molecule has 1 aliphatic rings. The fraction of sp³-hybridized carbons (Fsp3) is 0.350. The summed E-state index contributed by atoms with van der Waals surface area (Å²) >= 11 is 0. The van der Waals surface area contributed by atoms with Gasteiger partial charge in [0.2, 0.25) is 17.6 Å². The van der Waals surface area contributed by atoms with Crippen LogP contribution in [0.3, 0.4) is 0 Å². The third-order valence-corrected chi connectivity index (χ3v) is 6.16. The van der Waals surface area contributed by atoms with Gasteiger partial charge in [-0.2, -0.15) is 4.98 Å². The third kappa shape index (κ3) is 4.30. The molecule has 0 aliphatic carbocycles. The predicted molar refractivity (Wildman–Crippen MR) is 106 cm³/mol. The predicted octanol–water partition coefficient (Wildman–Crippen LogP) is 2.88. The summed E-state index contributed by atoms with van der Waals surface area (Å²) in [6, 6.07) is 10.7. The Morgan fingerprint density at radius 2 is 2.00 bits per heavy atom. The van der Waals surface area contributed by atoms with Crippen LogP contribution in [0.4, 0.5) is 0 Å². The van der Waals surface area contributed by atoms with Gasteiger partial charge >= 0.3 is 0 Å². The summed E-state index contributed by atoms with van der Waals surface area (Å²) in [4.78, 5) is 11.4. The summed E-state index contributed by atoms with van der Waals surface area (Å²) in [6.45, 7) is 1.61. The maximum absolute atomic E-state index is 11.6. The van der Waals surface area contributed by atoms with Crippen LogP contribution in [0, 0.1) is 0 Å². The zero-order valence-electron chi connectivity index (χ0n) is 16.3. The Morgan fingerprint density at radius 1 is 1.21 bits per heavy atom. The first-order valence-electron chi connectivity index (χ1n) is 9.31. The van der Waals surface area contributed by atoms with Gasteiger partial charge in [0, 0.05) is 30.6 Å². The summed E-state index contributed by atoms with van der Waals surface area (Å²) in [5.74, 6) is 1.61. The first-order valence-corrected chi connectivity index (χ1v) is 11.2. The van der Waals surface area contributed by atoms with E-state index < -0.39 is 9.84 Å². The van der Waals surface area contributed by atoms with Gasteiger partial charge in [-0.25, -0.2) is 13.4 Å². The van der Waals surface area contributed by atoms with Crippen molar-refractivity contribution in [3.05, 3.63) is 54.0 Å². The first-order chi connectivity index (χ1) is 13.9. The fourth-order valence-electron chi connectivity index (χ4n) is 3.49. The molecule has 8 nitrogen and oxygen atoms in total. The van der Waals surface area contributed by atoms with Crippen LogP contribution in [0.1, 0.15) is 30.3 Å². The Balaban J connectivity index is 1.49. The number of methoxy groups -OCH3 is 1. The molecule has 0 radical (unpaired) electrons. The van der Waals surface area contributed by atoms with Gasteiger partial charge in [0.15, 0.2) is 9.84 Å². The number of ether oxygens (including phenoxy) is 1. The molecule has 2 aromatic heterocycles. The maximum atomic E-state index is 11.6. The van der Waals surface area contributed by atoms with Crippen molar-refractivity contribution in [3.63, 3.8) is 0 Å². The second kappa shape index (κ2) is 7.92. The molecule has 1 fully saturated rings. The van der Waals surface area contributed by atoms with E-state index in [0.717, 1.165) is 30.5 Å². The lowest BCUT2D eigenvalue weighted by molar-refractivity contribution is 0.201. The molecule has 3 heterocycles. The van der Waals surface area contributed by atoms with Gasteiger partial charge in [0.1, 0.15) is 0 Å². The van der Waals surface area contributed by atoms with E-state index in [9.17, 15) is 8.42 Å². The smallest absolute Gasteiger partial charge is 0.244 e. The van der Waals surface area contributed by atoms with Crippen LogP contribution in [0.15, 0.2) is 52.0 Å². The highest BCUT2D eigenvalue weighted by molar-refractivity contribution is 7.90. The third-order valence-electron chi connectivity index (χ3n) is 5.03. The second-order valence-electron chi connectivity index (χ2n) is 7.09. The Labute approximate surface area is 169 Å². The SMILES string of the molecule is COc1ccc(-c2noc(C3CCCN3Cc3ccc(S(C)(=O)=O)cc3)n2)cn1. The van der Waals surface area contributed by atoms with Crippen LogP contribution >= 0.6 is 0 Å². The molecule has 3 aromatic rings. The number of benzene rings is 1. The van der Waals surface area contributed by atoms with Gasteiger partial charge < -0.3 is 9.26 Å². The summed E-state index contributed by atoms with van der Waals surface area (Å²) < 4.78 is 33.9. The van der Waals surface area contributed by atoms with Crippen LogP contribution in [0.25, 0.3) is 11.4 Å². The highest BCUT2D eigenvalue weighted by Crippen LogP contribution is 2.33. The molecule has 0 amide bonds. The van der Waals surface area contributed by atoms with Gasteiger partial charge in [-0.05, 0) is 43.1 Å². The van der Waals surface area contributed by atoms with Crippen molar-refractivity contribution in [3.8, 4) is 17.3 Å². The van der Waals surface area contributed by atoms with Crippen LogP contribution < -0.4 is 4.74 Å². The van der Waals surface area contributed by atoms with E-state index in [1.54, 1.807) is 31.5 Å². The van der Waals surface area contributed by atoms with Crippen molar-refractivity contribution in [2.24, 2.45) is 0 Å². The number of likely N-dealkylation sites (tertiary alicyclic amines) is 1. The van der Waals surface area contributed by atoms with E-state index in [4.69, 9.17) is 9.26 Å². The minimum Gasteiger partial charge on any atom is -0.481 e. The van der Waals surface area contributed by atoms with Gasteiger partial charge in [-0.3, -0.25) is 4.90 Å². The molecule has 0 bridgehead atoms. The van der Waals surface area contributed by atoms with Crippen molar-refractivity contribution >= 4 is 9.84 Å². The Bertz CT molecular complexity index is 1080. The summed E-state index contributed by atoms with van der Waals surface area (Å²) in [5.41, 5.74) is 1.81. The molecule has 0 N–H and O–H groups in total. The fourth-order valence-corrected chi connectivity index (χ4v) is 4.12. The maximum Gasteiger partial charge on any atom is 0.244 e. The molecule has 0 spiro atoms. The molecule has 1 aromatic carbocycles. The van der Waals surface area contributed by atoms with Crippen molar-refractivity contribution in [2.75, 3.05) is 19.9 Å². The minimum absolute atomic E-state index is 0.0389. The molecule has 1 aliphatic heterocycles. The van der Waals surface area contributed by atoms with E-state index in [2.05, 4.69) is 20.0 Å². The van der Waals surface area contributed by atoms with E-state index in [0.29, 0.717) is 29.0 Å². The number of aromatic nitrogens is 3. The molecule has 9 heteroatoms. The average Bonchev–Trinajstić information content (AvgIpc) is 3.37. The van der Waals surface area contributed by atoms with Crippen molar-refractivity contribution in [1.82, 2.24) is 20.0 Å². The lowest BCUT2D eigenvalue weighted by Crippen LogP contribution is -2.23. The summed E-state index contributed by atoms with van der Waals surface area (Å²) in [6.07, 6.45) is 4.84. The number of hydrogen-bond acceptors (Lipinski definition) is 8. The highest BCUT2D eigenvalue weighted by atomic mass is 32.2. The lowest BCUT2D eigenvalue weighted by Gasteiger charge is -2.21. The molecule has 1 atom stereocenters. The van der Waals surface area contributed by atoms with E-state index in [-0.39, 0.29) is 6.04 Å². The zero-order valence-corrected chi connectivity index (χ0v) is 17.1. The topological polar surface area (TPSA) is 98.4 Å². The summed E-state index contributed by atoms with van der Waals surface area (Å²) in [5, 5.41) is 4.11. The normalized spacial score (nSPS) is 17.5. The molecule has 29 heavy (non-hydrogen) atoms. The van der Waals surface area contributed by atoms with Crippen LogP contribution in [-0.2, 0) is 16.4 Å². The largest absolute Gasteiger partial charge is 0.481 e. The van der Waals surface area contributed by atoms with Crippen molar-refractivity contribution < 1.29 is 17.7 Å². The van der Waals surface area contributed by atoms with Crippen LogP contribution in [0.5, 0.6) is 5.88 Å². The number of sulfone groups is 1. The molecule has 1 unspecified atom stereocenters. The van der Waals surface area contributed by atoms with Crippen LogP contribution in [-0.4, -0.2) is 48.4 Å². The van der Waals surface area contributed by atoms with Gasteiger partial charge in [-0.15, -0.1) is 0 Å². The number of pyridine rings is 1. The molecular weight excluding hydrogens is 392 g/mol. The van der Waals surface area contributed by atoms with Gasteiger partial charge in [0.25, 0.3) is 0 Å². The average molecular weight is 414 g/mol. The lowest BCUT2D eigenvalue weighted by atomic mass is 10.2. The van der Waals surface area contributed by atoms with Crippen LogP contribution in [0.2, 0.25) is 0 Å². The van der Waals surface area contributed by atoms with Crippen molar-refractivity contribution in [2.45, 2.75) is 30.3 Å². The molecule has 4 rings (SSSR count). The second-order valence-corrected chi connectivity index (χ2v) is 9.11. The Morgan fingerprint density at radius 3 is 2.66 bits per heavy atom. The monoisotopic (exact) mass is 414 g/mol. The Hall–Kier alpha value is -2.78. The summed E-state index contributed by atoms with van der Waals surface area (Å²) in [7, 11) is -1.62. The Kier molecular flexibility index (Phi) is 5.33. The highest BCUT2D eigenvalue weighted by Gasteiger charge is 2.31. The van der Waals surface area contributed by atoms with E-state index >= 15 is 0 Å². The molecular formula is C20H22N4O4S. The number of nitrogens with zero attached hydrogens (tertiary/aromatic N) is 4. The standard InChI is InChI=1S/C20H22N4O4S/c1-27-18-10-7-15(12-21-18)19-22-20(28-23-19)17-4-3-11-24(17)13-14-5-8-16(9-6-14)29(2,25)26/h5-10,12,17H,3-4,11,13H2,1-2H3. The molecule has 152 valence electrons. The van der Waals surface area contributed by atoms with Gasteiger partial charge in [-0.1, -0.05) is 17.3 Å². The quantitative estimate of drug-likeness (QED) is 0.607. The van der Waals surface area contributed by atoms with Gasteiger partial charge in [0.05, 0.1) is 18.0 Å². The number of hydrogen-bond donors (Lipinski definition) is 0. The molecule has 0 saturated carbocycles. The van der Waals surface area contributed by atoms with Crippen molar-refractivity contribution in [1.29, 1.82) is 0 Å².